The van der Waals surface area contributed by atoms with Crippen molar-refractivity contribution in [2.45, 2.75) is 25.9 Å². The van der Waals surface area contributed by atoms with E-state index < -0.39 is 0 Å². The van der Waals surface area contributed by atoms with Gasteiger partial charge in [-0.25, -0.2) is 4.98 Å². The highest BCUT2D eigenvalue weighted by Gasteiger charge is 2.21. The molecule has 1 amide bonds. The molecule has 142 valence electrons. The van der Waals surface area contributed by atoms with Crippen molar-refractivity contribution in [3.63, 3.8) is 0 Å². The number of fused-ring (bicyclic) bond motifs is 1. The number of rotatable bonds is 5. The first-order valence-corrected chi connectivity index (χ1v) is 10.0. The zero-order valence-electron chi connectivity index (χ0n) is 15.9. The van der Waals surface area contributed by atoms with E-state index in [0.29, 0.717) is 11.4 Å². The lowest BCUT2D eigenvalue weighted by atomic mass is 10.2. The number of carbonyl (C=O) groups excluding carboxylic acids is 1. The van der Waals surface area contributed by atoms with Gasteiger partial charge in [-0.3, -0.25) is 9.36 Å². The quantitative estimate of drug-likeness (QED) is 0.733. The first-order valence-electron chi connectivity index (χ1n) is 9.19. The summed E-state index contributed by atoms with van der Waals surface area (Å²) in [7, 11) is 3.96. The van der Waals surface area contributed by atoms with E-state index in [2.05, 4.69) is 41.1 Å². The molecule has 1 N–H and O–H groups in total. The number of hydrogen-bond donors (Lipinski definition) is 1. The Kier molecular flexibility index (Phi) is 4.88. The fraction of sp³-hybridized carbons (Fsp3) is 0.400. The van der Waals surface area contributed by atoms with Crippen LogP contribution in [0.4, 0.5) is 5.95 Å². The Bertz CT molecular complexity index is 952. The van der Waals surface area contributed by atoms with Gasteiger partial charge in [0.25, 0.3) is 5.91 Å². The van der Waals surface area contributed by atoms with Crippen molar-refractivity contribution < 1.29 is 9.53 Å². The summed E-state index contributed by atoms with van der Waals surface area (Å²) in [5.74, 6) is 0.793. The summed E-state index contributed by atoms with van der Waals surface area (Å²) in [4.78, 5) is 21.0. The van der Waals surface area contributed by atoms with E-state index in [9.17, 15) is 4.79 Å². The number of hydrogen-bond acceptors (Lipinski definition) is 5. The molecule has 27 heavy (non-hydrogen) atoms. The third-order valence-corrected chi connectivity index (χ3v) is 5.86. The molecule has 1 aromatic carbocycles. The summed E-state index contributed by atoms with van der Waals surface area (Å²) in [6.07, 6.45) is 2.23. The van der Waals surface area contributed by atoms with Crippen LogP contribution in [0.1, 0.15) is 28.1 Å². The minimum atomic E-state index is -0.0599. The maximum atomic E-state index is 12.6. The van der Waals surface area contributed by atoms with Gasteiger partial charge in [-0.15, -0.1) is 11.3 Å². The molecule has 1 aliphatic heterocycles. The molecule has 1 unspecified atom stereocenters. The van der Waals surface area contributed by atoms with E-state index in [1.54, 1.807) is 0 Å². The van der Waals surface area contributed by atoms with E-state index in [0.717, 1.165) is 41.4 Å². The topological polar surface area (TPSA) is 59.4 Å². The maximum absolute atomic E-state index is 12.6. The lowest BCUT2D eigenvalue weighted by Gasteiger charge is -2.15. The second-order valence-electron chi connectivity index (χ2n) is 7.12. The summed E-state index contributed by atoms with van der Waals surface area (Å²) in [6, 6.07) is 10.2. The Hall–Kier alpha value is -2.38. The van der Waals surface area contributed by atoms with Crippen molar-refractivity contribution in [3.05, 3.63) is 40.8 Å². The van der Waals surface area contributed by atoms with Crippen LogP contribution in [0.15, 0.2) is 30.3 Å². The number of benzene rings is 1. The summed E-state index contributed by atoms with van der Waals surface area (Å²) in [6.45, 7) is 3.43. The van der Waals surface area contributed by atoms with E-state index in [1.165, 1.54) is 16.9 Å². The molecule has 0 aliphatic carbocycles. The standard InChI is InChI=1S/C20H24N4O2S/c1-13-6-8-14(9-7-13)24-19-16(22-20(24)23(2)3)11-17(27-19)18(25)21-12-15-5-4-10-26-15/h6-9,11,15H,4-5,10,12H2,1-3H3,(H,21,25). The van der Waals surface area contributed by atoms with Crippen LogP contribution in [0.25, 0.3) is 16.0 Å². The summed E-state index contributed by atoms with van der Waals surface area (Å²) >= 11 is 1.47. The molecule has 7 heteroatoms. The highest BCUT2D eigenvalue weighted by atomic mass is 32.1. The third-order valence-electron chi connectivity index (χ3n) is 4.75. The van der Waals surface area contributed by atoms with Crippen molar-refractivity contribution in [1.82, 2.24) is 14.9 Å². The van der Waals surface area contributed by atoms with Gasteiger partial charge in [-0.05, 0) is 38.0 Å². The van der Waals surface area contributed by atoms with Crippen molar-refractivity contribution in [1.29, 1.82) is 0 Å². The predicted molar refractivity (Wildman–Crippen MR) is 109 cm³/mol. The molecule has 1 fully saturated rings. The van der Waals surface area contributed by atoms with Crippen molar-refractivity contribution in [2.75, 3.05) is 32.1 Å². The minimum absolute atomic E-state index is 0.0599. The van der Waals surface area contributed by atoms with Crippen molar-refractivity contribution >= 4 is 33.5 Å². The first-order chi connectivity index (χ1) is 13.0. The number of nitrogens with one attached hydrogen (secondary N) is 1. The molecule has 0 radical (unpaired) electrons. The average Bonchev–Trinajstić information content (AvgIpc) is 3.36. The number of thiophene rings is 1. The van der Waals surface area contributed by atoms with E-state index in [4.69, 9.17) is 9.72 Å². The number of aromatic nitrogens is 2. The predicted octanol–water partition coefficient (Wildman–Crippen LogP) is 3.37. The molecule has 0 bridgehead atoms. The lowest BCUT2D eigenvalue weighted by Crippen LogP contribution is -2.31. The minimum Gasteiger partial charge on any atom is -0.376 e. The van der Waals surface area contributed by atoms with Crippen LogP contribution in [0.5, 0.6) is 0 Å². The molecule has 1 atom stereocenters. The molecule has 3 aromatic rings. The molecule has 3 heterocycles. The SMILES string of the molecule is Cc1ccc(-n2c(N(C)C)nc3cc(C(=O)NCC4CCCO4)sc32)cc1. The van der Waals surface area contributed by atoms with Crippen LogP contribution in [0, 0.1) is 6.92 Å². The number of amides is 1. The molecule has 0 saturated carbocycles. The first kappa shape index (κ1) is 18.0. The third kappa shape index (κ3) is 3.57. The monoisotopic (exact) mass is 384 g/mol. The number of aryl methyl sites for hydroxylation is 1. The number of nitrogens with zero attached hydrogens (tertiary/aromatic N) is 3. The van der Waals surface area contributed by atoms with Gasteiger partial charge < -0.3 is 15.0 Å². The van der Waals surface area contributed by atoms with E-state index in [-0.39, 0.29) is 12.0 Å². The van der Waals surface area contributed by atoms with Gasteiger partial charge in [0, 0.05) is 32.9 Å². The van der Waals surface area contributed by atoms with Gasteiger partial charge in [-0.2, -0.15) is 0 Å². The van der Waals surface area contributed by atoms with Crippen LogP contribution in [-0.4, -0.2) is 48.8 Å². The van der Waals surface area contributed by atoms with Crippen molar-refractivity contribution in [3.8, 4) is 5.69 Å². The highest BCUT2D eigenvalue weighted by molar-refractivity contribution is 7.20. The highest BCUT2D eigenvalue weighted by Crippen LogP contribution is 2.32. The lowest BCUT2D eigenvalue weighted by molar-refractivity contribution is 0.0861. The van der Waals surface area contributed by atoms with E-state index >= 15 is 0 Å². The fourth-order valence-corrected chi connectivity index (χ4v) is 4.33. The van der Waals surface area contributed by atoms with Gasteiger partial charge >= 0.3 is 0 Å². The van der Waals surface area contributed by atoms with Crippen molar-refractivity contribution in [2.24, 2.45) is 0 Å². The van der Waals surface area contributed by atoms with Crippen LogP contribution < -0.4 is 10.2 Å². The maximum Gasteiger partial charge on any atom is 0.261 e. The average molecular weight is 385 g/mol. The van der Waals surface area contributed by atoms with Crippen LogP contribution in [0.2, 0.25) is 0 Å². The molecular weight excluding hydrogens is 360 g/mol. The molecule has 1 saturated heterocycles. The molecule has 0 spiro atoms. The van der Waals surface area contributed by atoms with Gasteiger partial charge in [0.1, 0.15) is 10.3 Å². The Morgan fingerprint density at radius 1 is 1.37 bits per heavy atom. The number of ether oxygens (including phenoxy) is 1. The number of carbonyl (C=O) groups is 1. The summed E-state index contributed by atoms with van der Waals surface area (Å²) in [5.41, 5.74) is 3.09. The van der Waals surface area contributed by atoms with Gasteiger partial charge in [-0.1, -0.05) is 17.7 Å². The second kappa shape index (κ2) is 7.32. The number of imidazole rings is 1. The smallest absolute Gasteiger partial charge is 0.261 e. The largest absolute Gasteiger partial charge is 0.376 e. The molecule has 2 aromatic heterocycles. The Labute approximate surface area is 162 Å². The number of anilines is 1. The molecule has 1 aliphatic rings. The second-order valence-corrected chi connectivity index (χ2v) is 8.15. The van der Waals surface area contributed by atoms with E-state index in [1.807, 2.05) is 25.1 Å². The normalized spacial score (nSPS) is 16.8. The van der Waals surface area contributed by atoms with Crippen LogP contribution in [0.3, 0.4) is 0 Å². The zero-order valence-corrected chi connectivity index (χ0v) is 16.7. The van der Waals surface area contributed by atoms with Crippen LogP contribution in [-0.2, 0) is 4.74 Å². The van der Waals surface area contributed by atoms with Gasteiger partial charge in [0.05, 0.1) is 11.0 Å². The molecule has 4 rings (SSSR count). The molecule has 6 nitrogen and oxygen atoms in total. The Morgan fingerprint density at radius 2 is 2.15 bits per heavy atom. The summed E-state index contributed by atoms with van der Waals surface area (Å²) in [5, 5.41) is 2.99. The van der Waals surface area contributed by atoms with Gasteiger partial charge in [0.2, 0.25) is 5.95 Å². The fourth-order valence-electron chi connectivity index (χ4n) is 3.30. The summed E-state index contributed by atoms with van der Waals surface area (Å²) < 4.78 is 7.69. The Balaban J connectivity index is 1.65. The molecular formula is C20H24N4O2S. The van der Waals surface area contributed by atoms with Gasteiger partial charge in [0.15, 0.2) is 0 Å². The Morgan fingerprint density at radius 3 is 2.81 bits per heavy atom. The zero-order chi connectivity index (χ0) is 19.0. The van der Waals surface area contributed by atoms with Crippen LogP contribution >= 0.6 is 11.3 Å².